The van der Waals surface area contributed by atoms with E-state index in [0.717, 1.165) is 16.6 Å². The normalized spacial score (nSPS) is 11.9. The molecule has 6 heteroatoms. The quantitative estimate of drug-likeness (QED) is 0.342. The Morgan fingerprint density at radius 2 is 1.72 bits per heavy atom. The number of hydrogen-bond donors (Lipinski definition) is 2. The van der Waals surface area contributed by atoms with Gasteiger partial charge >= 0.3 is 0 Å². The fourth-order valence-corrected chi connectivity index (χ4v) is 4.02. The summed E-state index contributed by atoms with van der Waals surface area (Å²) in [6, 6.07) is 24.3. The lowest BCUT2D eigenvalue weighted by Crippen LogP contribution is -2.19. The number of nitrogens with one attached hydrogen (secondary N) is 2. The molecule has 5 nitrogen and oxygen atoms in total. The van der Waals surface area contributed by atoms with Crippen LogP contribution in [0.2, 0.25) is 0 Å². The second-order valence-electron chi connectivity index (χ2n) is 6.59. The molecule has 0 saturated carbocycles. The third-order valence-corrected chi connectivity index (χ3v) is 5.61. The first kappa shape index (κ1) is 19.0. The van der Waals surface area contributed by atoms with Gasteiger partial charge in [0.1, 0.15) is 5.25 Å². The second-order valence-corrected chi connectivity index (χ2v) is 7.69. The summed E-state index contributed by atoms with van der Waals surface area (Å²) in [5.74, 6) is -0.222. The average molecular weight is 401 g/mol. The molecule has 0 radical (unpaired) electrons. The van der Waals surface area contributed by atoms with E-state index in [2.05, 4.69) is 15.3 Å². The van der Waals surface area contributed by atoms with E-state index in [-0.39, 0.29) is 11.7 Å². The molecule has 1 heterocycles. The number of aromatic nitrogens is 2. The first-order valence-electron chi connectivity index (χ1n) is 9.18. The van der Waals surface area contributed by atoms with Crippen LogP contribution in [0.1, 0.15) is 28.1 Å². The van der Waals surface area contributed by atoms with E-state index in [1.807, 2.05) is 54.6 Å². The number of para-hydroxylation sites is 2. The predicted octanol–water partition coefficient (Wildman–Crippen LogP) is 5.24. The number of Topliss-reactive ketones (excluding diaryl/α,β-unsaturated/α-hetero) is 1. The largest absolute Gasteiger partial charge is 0.333 e. The number of ketones is 1. The third kappa shape index (κ3) is 4.38. The minimum Gasteiger partial charge on any atom is -0.333 e. The number of carbonyl (C=O) groups excluding carboxylic acids is 2. The van der Waals surface area contributed by atoms with E-state index in [1.54, 1.807) is 24.3 Å². The van der Waals surface area contributed by atoms with Gasteiger partial charge in [-0.1, -0.05) is 66.4 Å². The molecule has 144 valence electrons. The molecule has 2 N–H and O–H groups in total. The van der Waals surface area contributed by atoms with Crippen LogP contribution in [0.3, 0.4) is 0 Å². The maximum atomic E-state index is 13.2. The zero-order valence-electron chi connectivity index (χ0n) is 15.8. The fourth-order valence-electron chi connectivity index (χ4n) is 3.02. The summed E-state index contributed by atoms with van der Waals surface area (Å²) in [5, 5.41) is 3.11. The number of carbonyl (C=O) groups is 2. The number of thioether (sulfide) groups is 1. The van der Waals surface area contributed by atoms with E-state index >= 15 is 0 Å². The molecule has 0 fully saturated rings. The lowest BCUT2D eigenvalue weighted by atomic mass is 10.1. The van der Waals surface area contributed by atoms with E-state index in [9.17, 15) is 9.59 Å². The van der Waals surface area contributed by atoms with Gasteiger partial charge in [-0.05, 0) is 36.8 Å². The Morgan fingerprint density at radius 1 is 0.966 bits per heavy atom. The van der Waals surface area contributed by atoms with Crippen molar-refractivity contribution in [3.8, 4) is 0 Å². The first-order valence-corrected chi connectivity index (χ1v) is 10.1. The van der Waals surface area contributed by atoms with Gasteiger partial charge in [-0.15, -0.1) is 0 Å². The van der Waals surface area contributed by atoms with Crippen molar-refractivity contribution in [1.29, 1.82) is 0 Å². The van der Waals surface area contributed by atoms with Gasteiger partial charge in [-0.3, -0.25) is 9.59 Å². The van der Waals surface area contributed by atoms with Crippen LogP contribution in [0.4, 0.5) is 5.69 Å². The Kier molecular flexibility index (Phi) is 5.44. The molecule has 1 aromatic heterocycles. The van der Waals surface area contributed by atoms with Gasteiger partial charge in [0, 0.05) is 11.3 Å². The van der Waals surface area contributed by atoms with Gasteiger partial charge in [0.15, 0.2) is 10.9 Å². The Bertz CT molecular complexity index is 1140. The van der Waals surface area contributed by atoms with Gasteiger partial charge in [0.05, 0.1) is 11.0 Å². The summed E-state index contributed by atoms with van der Waals surface area (Å²) in [5.41, 5.74) is 3.81. The van der Waals surface area contributed by atoms with Gasteiger partial charge < -0.3 is 10.3 Å². The van der Waals surface area contributed by atoms with Crippen LogP contribution in [0, 0.1) is 0 Å². The predicted molar refractivity (Wildman–Crippen MR) is 116 cm³/mol. The smallest absolute Gasteiger partial charge is 0.242 e. The minimum atomic E-state index is -0.502. The van der Waals surface area contributed by atoms with Crippen LogP contribution in [0.25, 0.3) is 11.0 Å². The fraction of sp³-hybridized carbons (Fsp3) is 0.0870. The monoisotopic (exact) mass is 401 g/mol. The number of H-pyrrole nitrogens is 1. The molecule has 0 aliphatic carbocycles. The van der Waals surface area contributed by atoms with Crippen LogP contribution in [-0.4, -0.2) is 21.7 Å². The number of aromatic amines is 1. The van der Waals surface area contributed by atoms with Crippen molar-refractivity contribution >= 4 is 40.2 Å². The topological polar surface area (TPSA) is 74.8 Å². The van der Waals surface area contributed by atoms with Crippen molar-refractivity contribution in [2.75, 3.05) is 5.32 Å². The number of imidazole rings is 1. The molecule has 4 aromatic rings. The van der Waals surface area contributed by atoms with E-state index in [0.29, 0.717) is 16.4 Å². The highest BCUT2D eigenvalue weighted by molar-refractivity contribution is 8.00. The average Bonchev–Trinajstić information content (AvgIpc) is 3.15. The highest BCUT2D eigenvalue weighted by atomic mass is 32.2. The van der Waals surface area contributed by atoms with E-state index < -0.39 is 5.25 Å². The summed E-state index contributed by atoms with van der Waals surface area (Å²) in [7, 11) is 0. The van der Waals surface area contributed by atoms with Crippen LogP contribution >= 0.6 is 11.8 Å². The lowest BCUT2D eigenvalue weighted by Gasteiger charge is -2.16. The zero-order chi connectivity index (χ0) is 20.2. The maximum Gasteiger partial charge on any atom is 0.242 e. The van der Waals surface area contributed by atoms with Gasteiger partial charge in [-0.2, -0.15) is 0 Å². The van der Waals surface area contributed by atoms with Crippen molar-refractivity contribution in [3.05, 3.63) is 90.0 Å². The summed E-state index contributed by atoms with van der Waals surface area (Å²) < 4.78 is 0. The Labute approximate surface area is 172 Å². The SMILES string of the molecule is CC(=O)c1cccc(NC(=O)C(Sc2nc3ccccc3[nH]2)c2ccccc2)c1. The molecule has 3 aromatic carbocycles. The number of fused-ring (bicyclic) bond motifs is 1. The van der Waals surface area contributed by atoms with Crippen molar-refractivity contribution in [1.82, 2.24) is 9.97 Å². The van der Waals surface area contributed by atoms with Gasteiger partial charge in [-0.25, -0.2) is 4.98 Å². The van der Waals surface area contributed by atoms with Gasteiger partial charge in [0.25, 0.3) is 0 Å². The number of benzene rings is 3. The molecular weight excluding hydrogens is 382 g/mol. The summed E-state index contributed by atoms with van der Waals surface area (Å²) in [6.07, 6.45) is 0. The van der Waals surface area contributed by atoms with Gasteiger partial charge in [0.2, 0.25) is 5.91 Å². The Balaban J connectivity index is 1.62. The third-order valence-electron chi connectivity index (χ3n) is 4.47. The van der Waals surface area contributed by atoms with Crippen LogP contribution < -0.4 is 5.32 Å². The van der Waals surface area contributed by atoms with Crippen molar-refractivity contribution in [3.63, 3.8) is 0 Å². The van der Waals surface area contributed by atoms with E-state index in [1.165, 1.54) is 18.7 Å². The number of rotatable bonds is 6. The van der Waals surface area contributed by atoms with Crippen LogP contribution in [0.15, 0.2) is 84.0 Å². The van der Waals surface area contributed by atoms with Crippen molar-refractivity contribution in [2.24, 2.45) is 0 Å². The molecule has 0 saturated heterocycles. The minimum absolute atomic E-state index is 0.0441. The highest BCUT2D eigenvalue weighted by Crippen LogP contribution is 2.35. The zero-order valence-corrected chi connectivity index (χ0v) is 16.6. The molecule has 29 heavy (non-hydrogen) atoms. The maximum absolute atomic E-state index is 13.2. The summed E-state index contributed by atoms with van der Waals surface area (Å²) >= 11 is 1.36. The molecule has 0 bridgehead atoms. The number of hydrogen-bond acceptors (Lipinski definition) is 4. The molecule has 1 unspecified atom stereocenters. The number of amides is 1. The first-order chi connectivity index (χ1) is 14.1. The molecule has 1 atom stereocenters. The molecule has 0 spiro atoms. The Hall–Kier alpha value is -3.38. The summed E-state index contributed by atoms with van der Waals surface area (Å²) in [4.78, 5) is 32.6. The summed E-state index contributed by atoms with van der Waals surface area (Å²) in [6.45, 7) is 1.51. The molecule has 0 aliphatic heterocycles. The van der Waals surface area contributed by atoms with Crippen LogP contribution in [0.5, 0.6) is 0 Å². The van der Waals surface area contributed by atoms with Crippen LogP contribution in [-0.2, 0) is 4.79 Å². The lowest BCUT2D eigenvalue weighted by molar-refractivity contribution is -0.115. The standard InChI is InChI=1S/C23H19N3O2S/c1-15(27)17-10-7-11-18(14-17)24-22(28)21(16-8-3-2-4-9-16)29-23-25-19-12-5-6-13-20(19)26-23/h2-14,21H,1H3,(H,24,28)(H,25,26). The highest BCUT2D eigenvalue weighted by Gasteiger charge is 2.24. The molecule has 1 amide bonds. The van der Waals surface area contributed by atoms with E-state index in [4.69, 9.17) is 0 Å². The number of nitrogens with zero attached hydrogens (tertiary/aromatic N) is 1. The van der Waals surface area contributed by atoms with Crippen molar-refractivity contribution < 1.29 is 9.59 Å². The number of anilines is 1. The molecule has 4 rings (SSSR count). The molecular formula is C23H19N3O2S. The molecule has 0 aliphatic rings. The Morgan fingerprint density at radius 3 is 2.48 bits per heavy atom. The second kappa shape index (κ2) is 8.32. The van der Waals surface area contributed by atoms with Crippen molar-refractivity contribution in [2.45, 2.75) is 17.3 Å².